The summed E-state index contributed by atoms with van der Waals surface area (Å²) in [6.45, 7) is 7.32. The molecule has 5 heteroatoms. The summed E-state index contributed by atoms with van der Waals surface area (Å²) in [5.41, 5.74) is 0.431. The lowest BCUT2D eigenvalue weighted by Crippen LogP contribution is -2.39. The predicted octanol–water partition coefficient (Wildman–Crippen LogP) is 2.44. The van der Waals surface area contributed by atoms with Gasteiger partial charge in [-0.15, -0.1) is 0 Å². The molecule has 116 valence electrons. The summed E-state index contributed by atoms with van der Waals surface area (Å²) in [5, 5.41) is 2.85. The molecule has 1 unspecified atom stereocenters. The van der Waals surface area contributed by atoms with Crippen LogP contribution in [-0.2, 0) is 4.79 Å². The summed E-state index contributed by atoms with van der Waals surface area (Å²) in [6, 6.07) is 4.99. The van der Waals surface area contributed by atoms with E-state index in [1.165, 1.54) is 14.0 Å². The van der Waals surface area contributed by atoms with E-state index in [1.54, 1.807) is 18.2 Å². The maximum Gasteiger partial charge on any atom is 0.258 e. The van der Waals surface area contributed by atoms with Crippen molar-refractivity contribution in [3.8, 4) is 11.5 Å². The average molecular weight is 293 g/mol. The van der Waals surface area contributed by atoms with Crippen molar-refractivity contribution in [1.82, 2.24) is 5.32 Å². The van der Waals surface area contributed by atoms with Crippen LogP contribution in [0, 0.1) is 5.92 Å². The van der Waals surface area contributed by atoms with Gasteiger partial charge >= 0.3 is 0 Å². The van der Waals surface area contributed by atoms with Gasteiger partial charge in [0.25, 0.3) is 5.91 Å². The Morgan fingerprint density at radius 1 is 1.24 bits per heavy atom. The van der Waals surface area contributed by atoms with Gasteiger partial charge in [-0.3, -0.25) is 9.59 Å². The van der Waals surface area contributed by atoms with E-state index in [0.29, 0.717) is 23.0 Å². The minimum atomic E-state index is -0.214. The standard InChI is InChI=1S/C16H23NO4/c1-10(2)11(3)17-16(19)9-21-15-8-13(20-5)6-7-14(15)12(4)18/h6-8,10-11H,9H2,1-5H3,(H,17,19). The molecule has 0 fully saturated rings. The van der Waals surface area contributed by atoms with Crippen molar-refractivity contribution in [2.24, 2.45) is 5.92 Å². The number of ketones is 1. The maximum atomic E-state index is 11.8. The number of amides is 1. The van der Waals surface area contributed by atoms with E-state index in [0.717, 1.165) is 0 Å². The van der Waals surface area contributed by atoms with E-state index in [9.17, 15) is 9.59 Å². The Morgan fingerprint density at radius 2 is 1.90 bits per heavy atom. The fourth-order valence-electron chi connectivity index (χ4n) is 1.65. The smallest absolute Gasteiger partial charge is 0.258 e. The summed E-state index contributed by atoms with van der Waals surface area (Å²) in [7, 11) is 1.53. The van der Waals surface area contributed by atoms with Crippen molar-refractivity contribution in [2.75, 3.05) is 13.7 Å². The van der Waals surface area contributed by atoms with E-state index < -0.39 is 0 Å². The van der Waals surface area contributed by atoms with Crippen LogP contribution in [0.1, 0.15) is 38.1 Å². The number of Topliss-reactive ketones (excluding diaryl/α,β-unsaturated/α-hetero) is 1. The topological polar surface area (TPSA) is 64.6 Å². The predicted molar refractivity (Wildman–Crippen MR) is 80.9 cm³/mol. The van der Waals surface area contributed by atoms with E-state index in [2.05, 4.69) is 5.32 Å². The lowest BCUT2D eigenvalue weighted by atomic mass is 10.1. The molecule has 0 spiro atoms. The Balaban J connectivity index is 2.73. The van der Waals surface area contributed by atoms with E-state index in [-0.39, 0.29) is 24.3 Å². The van der Waals surface area contributed by atoms with Crippen molar-refractivity contribution in [1.29, 1.82) is 0 Å². The van der Waals surface area contributed by atoms with Crippen LogP contribution in [0.2, 0.25) is 0 Å². The molecule has 1 N–H and O–H groups in total. The normalized spacial score (nSPS) is 11.9. The monoisotopic (exact) mass is 293 g/mol. The fraction of sp³-hybridized carbons (Fsp3) is 0.500. The number of carbonyl (C=O) groups excluding carboxylic acids is 2. The van der Waals surface area contributed by atoms with Crippen LogP contribution in [0.25, 0.3) is 0 Å². The van der Waals surface area contributed by atoms with Crippen molar-refractivity contribution in [3.05, 3.63) is 23.8 Å². The molecule has 21 heavy (non-hydrogen) atoms. The highest BCUT2D eigenvalue weighted by Gasteiger charge is 2.14. The summed E-state index contributed by atoms with van der Waals surface area (Å²) in [6.07, 6.45) is 0. The first-order valence-electron chi connectivity index (χ1n) is 6.96. The Kier molecular flexibility index (Phi) is 6.21. The zero-order valence-electron chi connectivity index (χ0n) is 13.2. The molecule has 0 saturated carbocycles. The molecule has 0 saturated heterocycles. The van der Waals surface area contributed by atoms with Crippen LogP contribution < -0.4 is 14.8 Å². The summed E-state index contributed by atoms with van der Waals surface area (Å²) in [5.74, 6) is 0.941. The molecule has 5 nitrogen and oxygen atoms in total. The summed E-state index contributed by atoms with van der Waals surface area (Å²) < 4.78 is 10.6. The molecule has 0 aliphatic carbocycles. The first-order chi connectivity index (χ1) is 9.85. The Bertz CT molecular complexity index is 511. The Labute approximate surface area is 125 Å². The molecule has 0 aliphatic rings. The van der Waals surface area contributed by atoms with Crippen molar-refractivity contribution in [2.45, 2.75) is 33.7 Å². The van der Waals surface area contributed by atoms with E-state index in [1.807, 2.05) is 20.8 Å². The van der Waals surface area contributed by atoms with Gasteiger partial charge in [0.2, 0.25) is 0 Å². The van der Waals surface area contributed by atoms with Crippen molar-refractivity contribution >= 4 is 11.7 Å². The highest BCUT2D eigenvalue weighted by molar-refractivity contribution is 5.97. The minimum Gasteiger partial charge on any atom is -0.497 e. The molecule has 1 rings (SSSR count). The second-order valence-corrected chi connectivity index (χ2v) is 5.31. The number of benzene rings is 1. The van der Waals surface area contributed by atoms with Gasteiger partial charge in [0.15, 0.2) is 12.4 Å². The zero-order chi connectivity index (χ0) is 16.0. The van der Waals surface area contributed by atoms with Gasteiger partial charge in [0.05, 0.1) is 12.7 Å². The number of hydrogen-bond acceptors (Lipinski definition) is 4. The largest absolute Gasteiger partial charge is 0.497 e. The Morgan fingerprint density at radius 3 is 2.43 bits per heavy atom. The maximum absolute atomic E-state index is 11.8. The molecular formula is C16H23NO4. The number of carbonyl (C=O) groups is 2. The van der Waals surface area contributed by atoms with Crippen LogP contribution >= 0.6 is 0 Å². The lowest BCUT2D eigenvalue weighted by molar-refractivity contribution is -0.124. The van der Waals surface area contributed by atoms with Gasteiger partial charge < -0.3 is 14.8 Å². The molecule has 1 aromatic carbocycles. The second-order valence-electron chi connectivity index (χ2n) is 5.31. The van der Waals surface area contributed by atoms with Crippen LogP contribution in [0.15, 0.2) is 18.2 Å². The van der Waals surface area contributed by atoms with E-state index in [4.69, 9.17) is 9.47 Å². The fourth-order valence-corrected chi connectivity index (χ4v) is 1.65. The number of hydrogen-bond donors (Lipinski definition) is 1. The summed E-state index contributed by atoms with van der Waals surface area (Å²) in [4.78, 5) is 23.4. The van der Waals surface area contributed by atoms with Gasteiger partial charge in [-0.25, -0.2) is 0 Å². The molecule has 0 heterocycles. The first kappa shape index (κ1) is 17.0. The quantitative estimate of drug-likeness (QED) is 0.784. The van der Waals surface area contributed by atoms with Crippen LogP contribution in [-0.4, -0.2) is 31.4 Å². The van der Waals surface area contributed by atoms with Crippen molar-refractivity contribution in [3.63, 3.8) is 0 Å². The number of rotatable bonds is 7. The molecule has 1 amide bonds. The Hall–Kier alpha value is -2.04. The molecule has 0 bridgehead atoms. The van der Waals surface area contributed by atoms with Gasteiger partial charge in [-0.05, 0) is 31.9 Å². The van der Waals surface area contributed by atoms with Gasteiger partial charge in [0.1, 0.15) is 11.5 Å². The second kappa shape index (κ2) is 7.67. The summed E-state index contributed by atoms with van der Waals surface area (Å²) >= 11 is 0. The molecule has 0 radical (unpaired) electrons. The van der Waals surface area contributed by atoms with Crippen LogP contribution in [0.5, 0.6) is 11.5 Å². The average Bonchev–Trinajstić information content (AvgIpc) is 2.44. The SMILES string of the molecule is COc1ccc(C(C)=O)c(OCC(=O)NC(C)C(C)C)c1. The third-order valence-corrected chi connectivity index (χ3v) is 3.32. The van der Waals surface area contributed by atoms with E-state index >= 15 is 0 Å². The van der Waals surface area contributed by atoms with Gasteiger partial charge in [-0.1, -0.05) is 13.8 Å². The van der Waals surface area contributed by atoms with Crippen LogP contribution in [0.3, 0.4) is 0 Å². The zero-order valence-corrected chi connectivity index (χ0v) is 13.2. The third kappa shape index (κ3) is 5.10. The highest BCUT2D eigenvalue weighted by Crippen LogP contribution is 2.25. The molecule has 1 aromatic rings. The van der Waals surface area contributed by atoms with Crippen molar-refractivity contribution < 1.29 is 19.1 Å². The molecule has 0 aromatic heterocycles. The number of ether oxygens (including phenoxy) is 2. The minimum absolute atomic E-state index is 0.0682. The molecule has 1 atom stereocenters. The van der Waals surface area contributed by atoms with Gasteiger partial charge in [-0.2, -0.15) is 0 Å². The lowest BCUT2D eigenvalue weighted by Gasteiger charge is -2.18. The number of methoxy groups -OCH3 is 1. The van der Waals surface area contributed by atoms with Gasteiger partial charge in [0, 0.05) is 12.1 Å². The number of nitrogens with one attached hydrogen (secondary N) is 1. The third-order valence-electron chi connectivity index (χ3n) is 3.32. The first-order valence-corrected chi connectivity index (χ1v) is 6.96. The highest BCUT2D eigenvalue weighted by atomic mass is 16.5. The van der Waals surface area contributed by atoms with Crippen LogP contribution in [0.4, 0.5) is 0 Å². The molecule has 0 aliphatic heterocycles. The molecular weight excluding hydrogens is 270 g/mol.